The fourth-order valence-corrected chi connectivity index (χ4v) is 4.94. The van der Waals surface area contributed by atoms with Crippen molar-refractivity contribution in [1.82, 2.24) is 9.80 Å². The monoisotopic (exact) mass is 300 g/mol. The van der Waals surface area contributed by atoms with Crippen LogP contribution in [0.2, 0.25) is 0 Å². The third-order valence-electron chi connectivity index (χ3n) is 6.12. The van der Waals surface area contributed by atoms with Crippen molar-refractivity contribution in [2.24, 2.45) is 11.8 Å². The van der Waals surface area contributed by atoms with Gasteiger partial charge in [0.15, 0.2) is 0 Å². The summed E-state index contributed by atoms with van der Waals surface area (Å²) in [6, 6.07) is 9.42. The molecular formula is C19H28N2O. The number of benzene rings is 1. The molecule has 1 aromatic carbocycles. The smallest absolute Gasteiger partial charge is 0.119 e. The van der Waals surface area contributed by atoms with Gasteiger partial charge in [-0.3, -0.25) is 9.80 Å². The topological polar surface area (TPSA) is 15.7 Å². The van der Waals surface area contributed by atoms with E-state index in [-0.39, 0.29) is 0 Å². The van der Waals surface area contributed by atoms with Crippen LogP contribution in [-0.2, 0) is 6.54 Å². The summed E-state index contributed by atoms with van der Waals surface area (Å²) in [6.45, 7) is 6.01. The van der Waals surface area contributed by atoms with Gasteiger partial charge in [-0.15, -0.1) is 0 Å². The fraction of sp³-hybridized carbons (Fsp3) is 0.684. The summed E-state index contributed by atoms with van der Waals surface area (Å²) >= 11 is 0. The number of hydrogen-bond acceptors (Lipinski definition) is 3. The van der Waals surface area contributed by atoms with Gasteiger partial charge in [0.1, 0.15) is 5.75 Å². The number of methoxy groups -OCH3 is 1. The maximum absolute atomic E-state index is 5.33. The molecule has 0 N–H and O–H groups in total. The highest BCUT2D eigenvalue weighted by molar-refractivity contribution is 5.28. The van der Waals surface area contributed by atoms with E-state index in [1.807, 2.05) is 6.07 Å². The molecule has 120 valence electrons. The Balaban J connectivity index is 1.30. The SMILES string of the molecule is COc1cccc(CN2CCN(C3CC4CCC3C4)CC2)c1. The number of hydrogen-bond donors (Lipinski definition) is 0. The van der Waals surface area contributed by atoms with Gasteiger partial charge in [-0.05, 0) is 48.8 Å². The van der Waals surface area contributed by atoms with Crippen LogP contribution >= 0.6 is 0 Å². The molecule has 22 heavy (non-hydrogen) atoms. The van der Waals surface area contributed by atoms with Crippen LogP contribution in [0.5, 0.6) is 5.75 Å². The Hall–Kier alpha value is -1.06. The quantitative estimate of drug-likeness (QED) is 0.850. The zero-order valence-electron chi connectivity index (χ0n) is 13.7. The highest BCUT2D eigenvalue weighted by Gasteiger charge is 2.42. The molecule has 3 unspecified atom stereocenters. The number of fused-ring (bicyclic) bond motifs is 2. The maximum atomic E-state index is 5.33. The molecule has 0 amide bonds. The molecule has 3 aliphatic rings. The van der Waals surface area contributed by atoms with Crippen molar-refractivity contribution in [2.75, 3.05) is 33.3 Å². The van der Waals surface area contributed by atoms with Crippen molar-refractivity contribution in [2.45, 2.75) is 38.3 Å². The second-order valence-electron chi connectivity index (χ2n) is 7.41. The Morgan fingerprint density at radius 2 is 1.95 bits per heavy atom. The minimum Gasteiger partial charge on any atom is -0.497 e. The molecule has 1 saturated heterocycles. The van der Waals surface area contributed by atoms with Gasteiger partial charge in [0.2, 0.25) is 0 Å². The predicted molar refractivity (Wildman–Crippen MR) is 89.1 cm³/mol. The van der Waals surface area contributed by atoms with Crippen molar-refractivity contribution in [1.29, 1.82) is 0 Å². The van der Waals surface area contributed by atoms with Crippen LogP contribution < -0.4 is 4.74 Å². The maximum Gasteiger partial charge on any atom is 0.119 e. The molecule has 4 rings (SSSR count). The first-order valence-electron chi connectivity index (χ1n) is 8.91. The van der Waals surface area contributed by atoms with Crippen molar-refractivity contribution in [3.05, 3.63) is 29.8 Å². The first-order valence-corrected chi connectivity index (χ1v) is 8.91. The Bertz CT molecular complexity index is 510. The zero-order chi connectivity index (χ0) is 14.9. The van der Waals surface area contributed by atoms with Gasteiger partial charge in [-0.25, -0.2) is 0 Å². The fourth-order valence-electron chi connectivity index (χ4n) is 4.94. The van der Waals surface area contributed by atoms with E-state index in [0.29, 0.717) is 0 Å². The lowest BCUT2D eigenvalue weighted by Crippen LogP contribution is -2.51. The van der Waals surface area contributed by atoms with E-state index >= 15 is 0 Å². The number of piperazine rings is 1. The van der Waals surface area contributed by atoms with Crippen LogP contribution in [0.25, 0.3) is 0 Å². The number of nitrogens with zero attached hydrogens (tertiary/aromatic N) is 2. The molecule has 0 radical (unpaired) electrons. The van der Waals surface area contributed by atoms with Gasteiger partial charge >= 0.3 is 0 Å². The molecule has 2 aliphatic carbocycles. The van der Waals surface area contributed by atoms with Gasteiger partial charge < -0.3 is 4.74 Å². The number of ether oxygens (including phenoxy) is 1. The van der Waals surface area contributed by atoms with Crippen LogP contribution in [0.4, 0.5) is 0 Å². The molecule has 3 nitrogen and oxygen atoms in total. The van der Waals surface area contributed by atoms with Crippen molar-refractivity contribution >= 4 is 0 Å². The van der Waals surface area contributed by atoms with Crippen LogP contribution in [0.15, 0.2) is 24.3 Å². The van der Waals surface area contributed by atoms with Crippen LogP contribution in [-0.4, -0.2) is 49.1 Å². The second kappa shape index (κ2) is 6.21. The molecule has 1 aliphatic heterocycles. The van der Waals surface area contributed by atoms with E-state index in [1.165, 1.54) is 57.4 Å². The van der Waals surface area contributed by atoms with Crippen molar-refractivity contribution in [3.63, 3.8) is 0 Å². The summed E-state index contributed by atoms with van der Waals surface area (Å²) in [6.07, 6.45) is 6.02. The lowest BCUT2D eigenvalue weighted by Gasteiger charge is -2.41. The molecule has 0 spiro atoms. The molecule has 0 aromatic heterocycles. The van der Waals surface area contributed by atoms with Gasteiger partial charge in [0, 0.05) is 38.8 Å². The van der Waals surface area contributed by atoms with Crippen LogP contribution in [0.3, 0.4) is 0 Å². The molecule has 1 aromatic rings. The van der Waals surface area contributed by atoms with Crippen molar-refractivity contribution < 1.29 is 4.74 Å². The van der Waals surface area contributed by atoms with Crippen molar-refractivity contribution in [3.8, 4) is 5.75 Å². The third kappa shape index (κ3) is 2.89. The first kappa shape index (κ1) is 14.5. The molecule has 3 heteroatoms. The minimum atomic E-state index is 0.915. The first-order chi connectivity index (χ1) is 10.8. The third-order valence-corrected chi connectivity index (χ3v) is 6.12. The van der Waals surface area contributed by atoms with E-state index < -0.39 is 0 Å². The summed E-state index contributed by atoms with van der Waals surface area (Å²) in [7, 11) is 1.74. The van der Waals surface area contributed by atoms with E-state index in [4.69, 9.17) is 4.74 Å². The summed E-state index contributed by atoms with van der Waals surface area (Å²) < 4.78 is 5.33. The van der Waals surface area contributed by atoms with Crippen LogP contribution in [0.1, 0.15) is 31.2 Å². The van der Waals surface area contributed by atoms with Gasteiger partial charge in [0.05, 0.1) is 7.11 Å². The Kier molecular flexibility index (Phi) is 4.10. The standard InChI is InChI=1S/C19H28N2O/c1-22-18-4-2-3-16(12-18)14-20-7-9-21(10-8-20)19-13-15-5-6-17(19)11-15/h2-4,12,15,17,19H,5-11,13-14H2,1H3. The molecule has 3 atom stereocenters. The van der Waals surface area contributed by atoms with E-state index in [0.717, 1.165) is 30.2 Å². The Labute approximate surface area is 134 Å². The van der Waals surface area contributed by atoms with Gasteiger partial charge in [-0.2, -0.15) is 0 Å². The molecule has 1 heterocycles. The average Bonchev–Trinajstić information content (AvgIpc) is 3.19. The Morgan fingerprint density at radius 1 is 1.09 bits per heavy atom. The second-order valence-corrected chi connectivity index (χ2v) is 7.41. The largest absolute Gasteiger partial charge is 0.497 e. The van der Waals surface area contributed by atoms with Gasteiger partial charge in [0.25, 0.3) is 0 Å². The summed E-state index contributed by atoms with van der Waals surface area (Å²) in [5, 5.41) is 0. The zero-order valence-corrected chi connectivity index (χ0v) is 13.7. The number of rotatable bonds is 4. The van der Waals surface area contributed by atoms with Crippen LogP contribution in [0, 0.1) is 11.8 Å². The highest BCUT2D eigenvalue weighted by Crippen LogP contribution is 2.46. The predicted octanol–water partition coefficient (Wildman–Crippen LogP) is 3.00. The molecule has 3 fully saturated rings. The molecule has 2 bridgehead atoms. The Morgan fingerprint density at radius 3 is 2.64 bits per heavy atom. The van der Waals surface area contributed by atoms with E-state index in [9.17, 15) is 0 Å². The van der Waals surface area contributed by atoms with Gasteiger partial charge in [-0.1, -0.05) is 18.6 Å². The summed E-state index contributed by atoms with van der Waals surface area (Å²) in [5.41, 5.74) is 1.37. The lowest BCUT2D eigenvalue weighted by molar-refractivity contribution is 0.0679. The molecular weight excluding hydrogens is 272 g/mol. The lowest BCUT2D eigenvalue weighted by atomic mass is 9.93. The summed E-state index contributed by atoms with van der Waals surface area (Å²) in [5.74, 6) is 3.05. The summed E-state index contributed by atoms with van der Waals surface area (Å²) in [4.78, 5) is 5.39. The van der Waals surface area contributed by atoms with E-state index in [1.54, 1.807) is 7.11 Å². The normalized spacial score (nSPS) is 32.5. The average molecular weight is 300 g/mol. The minimum absolute atomic E-state index is 0.915. The van der Waals surface area contributed by atoms with E-state index in [2.05, 4.69) is 28.0 Å². The molecule has 2 saturated carbocycles. The highest BCUT2D eigenvalue weighted by atomic mass is 16.5.